The zero-order chi connectivity index (χ0) is 15.4. The molecule has 3 rings (SSSR count). The Hall–Kier alpha value is -1.85. The highest BCUT2D eigenvalue weighted by molar-refractivity contribution is 5.82. The van der Waals surface area contributed by atoms with Crippen molar-refractivity contribution in [3.05, 3.63) is 18.5 Å². The van der Waals surface area contributed by atoms with Crippen LogP contribution in [0.1, 0.15) is 32.1 Å². The van der Waals surface area contributed by atoms with Gasteiger partial charge in [-0.2, -0.15) is 5.10 Å². The first-order chi connectivity index (χ1) is 10.7. The van der Waals surface area contributed by atoms with Crippen LogP contribution >= 0.6 is 0 Å². The van der Waals surface area contributed by atoms with E-state index in [2.05, 4.69) is 5.10 Å². The Balaban J connectivity index is 1.52. The molecule has 22 heavy (non-hydrogen) atoms. The number of hydrogen-bond donors (Lipinski definition) is 0. The molecule has 2 amide bonds. The summed E-state index contributed by atoms with van der Waals surface area (Å²) in [6, 6.07) is 1.81. The van der Waals surface area contributed by atoms with E-state index in [0.717, 1.165) is 32.4 Å². The third-order valence-corrected chi connectivity index (χ3v) is 4.66. The van der Waals surface area contributed by atoms with Gasteiger partial charge in [0.15, 0.2) is 0 Å². The van der Waals surface area contributed by atoms with Crippen molar-refractivity contribution in [2.45, 2.75) is 38.6 Å². The summed E-state index contributed by atoms with van der Waals surface area (Å²) in [5, 5.41) is 4.06. The Morgan fingerprint density at radius 2 is 1.82 bits per heavy atom. The van der Waals surface area contributed by atoms with Gasteiger partial charge in [-0.15, -0.1) is 0 Å². The van der Waals surface area contributed by atoms with E-state index in [1.165, 1.54) is 12.8 Å². The summed E-state index contributed by atoms with van der Waals surface area (Å²) in [5.41, 5.74) is 0. The molecule has 0 N–H and O–H groups in total. The molecule has 2 fully saturated rings. The van der Waals surface area contributed by atoms with Crippen molar-refractivity contribution in [3.63, 3.8) is 0 Å². The molecule has 0 saturated carbocycles. The van der Waals surface area contributed by atoms with Gasteiger partial charge in [0.05, 0.1) is 5.92 Å². The second-order valence-corrected chi connectivity index (χ2v) is 6.27. The normalized spacial score (nSPS) is 22.6. The second kappa shape index (κ2) is 6.94. The van der Waals surface area contributed by atoms with E-state index in [9.17, 15) is 9.59 Å². The largest absolute Gasteiger partial charge is 0.342 e. The number of likely N-dealkylation sites (tertiary alicyclic amines) is 2. The van der Waals surface area contributed by atoms with Crippen molar-refractivity contribution in [1.29, 1.82) is 0 Å². The van der Waals surface area contributed by atoms with E-state index in [-0.39, 0.29) is 24.3 Å². The number of nitrogens with zero attached hydrogens (tertiary/aromatic N) is 4. The average molecular weight is 304 g/mol. The number of hydrogen-bond acceptors (Lipinski definition) is 3. The number of amides is 2. The van der Waals surface area contributed by atoms with Crippen LogP contribution in [0.15, 0.2) is 18.5 Å². The lowest BCUT2D eigenvalue weighted by Gasteiger charge is -2.24. The third-order valence-electron chi connectivity index (χ3n) is 4.66. The molecule has 6 nitrogen and oxygen atoms in total. The van der Waals surface area contributed by atoms with E-state index in [1.54, 1.807) is 17.1 Å². The van der Waals surface area contributed by atoms with Crippen molar-refractivity contribution in [1.82, 2.24) is 19.6 Å². The molecule has 3 heterocycles. The van der Waals surface area contributed by atoms with Gasteiger partial charge in [-0.05, 0) is 25.3 Å². The average Bonchev–Trinajstić information content (AvgIpc) is 3.13. The first-order valence-corrected chi connectivity index (χ1v) is 8.28. The molecule has 6 heteroatoms. The molecule has 0 aliphatic carbocycles. The maximum atomic E-state index is 12.6. The van der Waals surface area contributed by atoms with Crippen molar-refractivity contribution < 1.29 is 9.59 Å². The maximum Gasteiger partial charge on any atom is 0.244 e. The van der Waals surface area contributed by atoms with Crippen LogP contribution in [0.5, 0.6) is 0 Å². The fraction of sp³-hybridized carbons (Fsp3) is 0.688. The number of carbonyl (C=O) groups is 2. The lowest BCUT2D eigenvalue weighted by atomic mass is 10.1. The van der Waals surface area contributed by atoms with Gasteiger partial charge in [0.1, 0.15) is 6.54 Å². The predicted molar refractivity (Wildman–Crippen MR) is 82.0 cm³/mol. The molecule has 0 aromatic carbocycles. The molecule has 0 radical (unpaired) electrons. The van der Waals surface area contributed by atoms with Crippen LogP contribution in [0.25, 0.3) is 0 Å². The molecule has 2 aliphatic heterocycles. The molecule has 0 spiro atoms. The van der Waals surface area contributed by atoms with Gasteiger partial charge in [0.2, 0.25) is 11.8 Å². The van der Waals surface area contributed by atoms with Crippen molar-refractivity contribution in [2.75, 3.05) is 26.2 Å². The molecule has 120 valence electrons. The number of rotatable bonds is 3. The smallest absolute Gasteiger partial charge is 0.244 e. The Kier molecular flexibility index (Phi) is 4.75. The minimum absolute atomic E-state index is 0.0142. The first kappa shape index (κ1) is 15.1. The molecule has 2 aliphatic rings. The summed E-state index contributed by atoms with van der Waals surface area (Å²) in [6.45, 7) is 3.28. The monoisotopic (exact) mass is 304 g/mol. The van der Waals surface area contributed by atoms with Gasteiger partial charge >= 0.3 is 0 Å². The topological polar surface area (TPSA) is 58.4 Å². The van der Waals surface area contributed by atoms with Crippen LogP contribution in [0.4, 0.5) is 0 Å². The summed E-state index contributed by atoms with van der Waals surface area (Å²) in [5.74, 6) is 0.283. The summed E-state index contributed by atoms with van der Waals surface area (Å²) in [7, 11) is 0. The lowest BCUT2D eigenvalue weighted by molar-refractivity contribution is -0.135. The van der Waals surface area contributed by atoms with Gasteiger partial charge in [-0.1, -0.05) is 12.8 Å². The van der Waals surface area contributed by atoms with Crippen molar-refractivity contribution >= 4 is 11.8 Å². The van der Waals surface area contributed by atoms with Crippen LogP contribution < -0.4 is 0 Å². The van der Waals surface area contributed by atoms with E-state index in [0.29, 0.717) is 13.1 Å². The highest BCUT2D eigenvalue weighted by Crippen LogP contribution is 2.21. The predicted octanol–water partition coefficient (Wildman–Crippen LogP) is 1.13. The molecule has 2 saturated heterocycles. The molecule has 1 atom stereocenters. The zero-order valence-corrected chi connectivity index (χ0v) is 13.0. The Morgan fingerprint density at radius 1 is 1.05 bits per heavy atom. The molecule has 1 aromatic heterocycles. The number of carbonyl (C=O) groups excluding carboxylic acids is 2. The second-order valence-electron chi connectivity index (χ2n) is 6.27. The molecule has 0 bridgehead atoms. The summed E-state index contributed by atoms with van der Waals surface area (Å²) in [4.78, 5) is 28.7. The van der Waals surface area contributed by atoms with Crippen LogP contribution in [-0.4, -0.2) is 57.6 Å². The summed E-state index contributed by atoms with van der Waals surface area (Å²) < 4.78 is 1.63. The van der Waals surface area contributed by atoms with Crippen molar-refractivity contribution in [3.8, 4) is 0 Å². The maximum absolute atomic E-state index is 12.6. The van der Waals surface area contributed by atoms with Gasteiger partial charge in [-0.25, -0.2) is 0 Å². The Morgan fingerprint density at radius 3 is 2.50 bits per heavy atom. The van der Waals surface area contributed by atoms with Crippen LogP contribution in [0.2, 0.25) is 0 Å². The van der Waals surface area contributed by atoms with Gasteiger partial charge in [0.25, 0.3) is 0 Å². The van der Waals surface area contributed by atoms with Crippen LogP contribution in [-0.2, 0) is 16.1 Å². The first-order valence-electron chi connectivity index (χ1n) is 8.28. The molecular weight excluding hydrogens is 280 g/mol. The zero-order valence-electron chi connectivity index (χ0n) is 13.0. The quantitative estimate of drug-likeness (QED) is 0.841. The van der Waals surface area contributed by atoms with Crippen LogP contribution in [0, 0.1) is 5.92 Å². The summed E-state index contributed by atoms with van der Waals surface area (Å²) in [6.07, 6.45) is 8.92. The van der Waals surface area contributed by atoms with Gasteiger partial charge in [-0.3, -0.25) is 14.3 Å². The van der Waals surface area contributed by atoms with Gasteiger partial charge in [0, 0.05) is 38.6 Å². The molecular formula is C16H24N4O2. The SMILES string of the molecule is O=C(Cn1cccn1)N1CC[C@@H](C(=O)N2CCCCCC2)C1. The minimum Gasteiger partial charge on any atom is -0.342 e. The van der Waals surface area contributed by atoms with Crippen LogP contribution in [0.3, 0.4) is 0 Å². The third kappa shape index (κ3) is 3.48. The highest BCUT2D eigenvalue weighted by Gasteiger charge is 2.33. The molecule has 0 unspecified atom stereocenters. The standard InChI is InChI=1S/C16H24N4O2/c21-15(13-20-10-5-7-17-20)19-11-6-14(12-19)16(22)18-8-3-1-2-4-9-18/h5,7,10,14H,1-4,6,8-9,11-13H2/t14-/m1/s1. The fourth-order valence-corrected chi connectivity index (χ4v) is 3.37. The lowest BCUT2D eigenvalue weighted by Crippen LogP contribution is -2.39. The Bertz CT molecular complexity index is 506. The Labute approximate surface area is 131 Å². The van der Waals surface area contributed by atoms with E-state index in [4.69, 9.17) is 0 Å². The fourth-order valence-electron chi connectivity index (χ4n) is 3.37. The van der Waals surface area contributed by atoms with Crippen molar-refractivity contribution in [2.24, 2.45) is 5.92 Å². The minimum atomic E-state index is -0.0142. The highest BCUT2D eigenvalue weighted by atomic mass is 16.2. The van der Waals surface area contributed by atoms with Gasteiger partial charge < -0.3 is 9.80 Å². The summed E-state index contributed by atoms with van der Waals surface area (Å²) >= 11 is 0. The molecule has 1 aromatic rings. The van der Waals surface area contributed by atoms with E-state index in [1.807, 2.05) is 15.9 Å². The number of aromatic nitrogens is 2. The van der Waals surface area contributed by atoms with E-state index < -0.39 is 0 Å². The van der Waals surface area contributed by atoms with E-state index >= 15 is 0 Å².